The lowest BCUT2D eigenvalue weighted by Crippen LogP contribution is -2.01. The third kappa shape index (κ3) is 2.44. The van der Waals surface area contributed by atoms with Gasteiger partial charge in [-0.3, -0.25) is 4.68 Å². The van der Waals surface area contributed by atoms with Crippen molar-refractivity contribution in [3.05, 3.63) is 34.4 Å². The number of nitrogen functional groups attached to an aromatic ring is 1. The molecule has 2 rings (SSSR count). The fourth-order valence-corrected chi connectivity index (χ4v) is 2.11. The Labute approximate surface area is 109 Å². The zero-order chi connectivity index (χ0) is 12.4. The molecular formula is C12H15BrN4. The second kappa shape index (κ2) is 4.79. The maximum atomic E-state index is 6.04. The monoisotopic (exact) mass is 294 g/mol. The Morgan fingerprint density at radius 2 is 2.24 bits per heavy atom. The van der Waals surface area contributed by atoms with E-state index in [-0.39, 0.29) is 0 Å². The van der Waals surface area contributed by atoms with E-state index in [1.807, 2.05) is 38.2 Å². The van der Waals surface area contributed by atoms with E-state index < -0.39 is 0 Å². The quantitative estimate of drug-likeness (QED) is 0.915. The van der Waals surface area contributed by atoms with Crippen LogP contribution in [-0.4, -0.2) is 9.78 Å². The molecule has 0 spiro atoms. The Balaban J connectivity index is 2.33. The third-order valence-electron chi connectivity index (χ3n) is 2.58. The number of aromatic nitrogens is 2. The number of anilines is 3. The van der Waals surface area contributed by atoms with Gasteiger partial charge in [-0.05, 0) is 24.6 Å². The molecular weight excluding hydrogens is 280 g/mol. The molecule has 5 heteroatoms. The van der Waals surface area contributed by atoms with Crippen LogP contribution in [0.5, 0.6) is 0 Å². The van der Waals surface area contributed by atoms with Gasteiger partial charge in [-0.25, -0.2) is 0 Å². The Morgan fingerprint density at radius 1 is 1.47 bits per heavy atom. The number of benzene rings is 1. The number of hydrogen-bond acceptors (Lipinski definition) is 3. The molecule has 90 valence electrons. The zero-order valence-corrected chi connectivity index (χ0v) is 11.5. The van der Waals surface area contributed by atoms with Crippen molar-refractivity contribution in [2.75, 3.05) is 11.1 Å². The van der Waals surface area contributed by atoms with Crippen LogP contribution in [0.15, 0.2) is 28.7 Å². The lowest BCUT2D eigenvalue weighted by atomic mass is 10.3. The summed E-state index contributed by atoms with van der Waals surface area (Å²) in [4.78, 5) is 0. The van der Waals surface area contributed by atoms with Crippen molar-refractivity contribution in [3.8, 4) is 0 Å². The number of aryl methyl sites for hydroxylation is 2. The maximum Gasteiger partial charge on any atom is 0.152 e. The van der Waals surface area contributed by atoms with Crippen molar-refractivity contribution >= 4 is 33.1 Å². The molecule has 1 aromatic carbocycles. The average Bonchev–Trinajstić information content (AvgIpc) is 2.56. The maximum absolute atomic E-state index is 6.04. The van der Waals surface area contributed by atoms with E-state index in [9.17, 15) is 0 Å². The van der Waals surface area contributed by atoms with Crippen molar-refractivity contribution in [1.82, 2.24) is 9.78 Å². The molecule has 0 aliphatic rings. The summed E-state index contributed by atoms with van der Waals surface area (Å²) in [6, 6.07) is 7.94. The third-order valence-corrected chi connectivity index (χ3v) is 3.08. The summed E-state index contributed by atoms with van der Waals surface area (Å²) in [6.07, 6.45) is 0.833. The van der Waals surface area contributed by atoms with Gasteiger partial charge < -0.3 is 11.1 Å². The SMILES string of the molecule is CCc1nn(C)c(Nc2cccc(Br)c2)c1N. The van der Waals surface area contributed by atoms with Crippen LogP contribution < -0.4 is 11.1 Å². The summed E-state index contributed by atoms with van der Waals surface area (Å²) in [5, 5.41) is 7.65. The molecule has 0 atom stereocenters. The van der Waals surface area contributed by atoms with Crippen molar-refractivity contribution in [2.24, 2.45) is 7.05 Å². The van der Waals surface area contributed by atoms with E-state index in [1.54, 1.807) is 4.68 Å². The lowest BCUT2D eigenvalue weighted by molar-refractivity contribution is 0.753. The number of halogens is 1. The first kappa shape index (κ1) is 12.0. The second-order valence-corrected chi connectivity index (χ2v) is 4.74. The first-order valence-electron chi connectivity index (χ1n) is 5.45. The smallest absolute Gasteiger partial charge is 0.152 e. The fraction of sp³-hybridized carbons (Fsp3) is 0.250. The van der Waals surface area contributed by atoms with Gasteiger partial charge in [0.05, 0.1) is 11.4 Å². The van der Waals surface area contributed by atoms with Gasteiger partial charge in [-0.15, -0.1) is 0 Å². The Hall–Kier alpha value is -1.49. The Bertz CT molecular complexity index is 533. The number of nitrogens with one attached hydrogen (secondary N) is 1. The molecule has 1 aromatic heterocycles. The average molecular weight is 295 g/mol. The minimum Gasteiger partial charge on any atom is -0.394 e. The van der Waals surface area contributed by atoms with E-state index in [0.717, 1.165) is 33.8 Å². The van der Waals surface area contributed by atoms with Gasteiger partial charge in [0.2, 0.25) is 0 Å². The summed E-state index contributed by atoms with van der Waals surface area (Å²) >= 11 is 3.44. The van der Waals surface area contributed by atoms with Gasteiger partial charge in [-0.1, -0.05) is 28.9 Å². The molecule has 0 unspecified atom stereocenters. The molecule has 0 aliphatic carbocycles. The molecule has 0 amide bonds. The fourth-order valence-electron chi connectivity index (χ4n) is 1.71. The van der Waals surface area contributed by atoms with E-state index in [1.165, 1.54) is 0 Å². The molecule has 0 fully saturated rings. The van der Waals surface area contributed by atoms with Crippen LogP contribution in [0.4, 0.5) is 17.2 Å². The molecule has 17 heavy (non-hydrogen) atoms. The molecule has 3 N–H and O–H groups in total. The largest absolute Gasteiger partial charge is 0.394 e. The standard InChI is InChI=1S/C12H15BrN4/c1-3-10-11(14)12(17(2)16-10)15-9-6-4-5-8(13)7-9/h4-7,15H,3,14H2,1-2H3. The second-order valence-electron chi connectivity index (χ2n) is 3.82. The van der Waals surface area contributed by atoms with E-state index in [0.29, 0.717) is 0 Å². The molecule has 0 aliphatic heterocycles. The first-order chi connectivity index (χ1) is 8.11. The Morgan fingerprint density at radius 3 is 2.82 bits per heavy atom. The molecule has 0 bridgehead atoms. The summed E-state index contributed by atoms with van der Waals surface area (Å²) < 4.78 is 2.80. The molecule has 0 saturated heterocycles. The van der Waals surface area contributed by atoms with Gasteiger partial charge in [-0.2, -0.15) is 5.10 Å². The van der Waals surface area contributed by atoms with Gasteiger partial charge in [0.1, 0.15) is 0 Å². The van der Waals surface area contributed by atoms with Crippen molar-refractivity contribution < 1.29 is 0 Å². The number of nitrogens with zero attached hydrogens (tertiary/aromatic N) is 2. The van der Waals surface area contributed by atoms with E-state index in [2.05, 4.69) is 26.3 Å². The predicted molar refractivity (Wildman–Crippen MR) is 74.4 cm³/mol. The molecule has 1 heterocycles. The van der Waals surface area contributed by atoms with Gasteiger partial charge in [0, 0.05) is 17.2 Å². The van der Waals surface area contributed by atoms with Crippen LogP contribution >= 0.6 is 15.9 Å². The van der Waals surface area contributed by atoms with Gasteiger partial charge >= 0.3 is 0 Å². The van der Waals surface area contributed by atoms with E-state index >= 15 is 0 Å². The van der Waals surface area contributed by atoms with Crippen LogP contribution in [0.25, 0.3) is 0 Å². The lowest BCUT2D eigenvalue weighted by Gasteiger charge is -2.07. The summed E-state index contributed by atoms with van der Waals surface area (Å²) in [5.74, 6) is 0.833. The Kier molecular flexibility index (Phi) is 3.38. The van der Waals surface area contributed by atoms with Crippen molar-refractivity contribution in [2.45, 2.75) is 13.3 Å². The van der Waals surface area contributed by atoms with E-state index in [4.69, 9.17) is 5.73 Å². The van der Waals surface area contributed by atoms with Crippen LogP contribution in [0.2, 0.25) is 0 Å². The topological polar surface area (TPSA) is 55.9 Å². The van der Waals surface area contributed by atoms with Gasteiger partial charge in [0.25, 0.3) is 0 Å². The highest BCUT2D eigenvalue weighted by Gasteiger charge is 2.11. The number of rotatable bonds is 3. The highest BCUT2D eigenvalue weighted by molar-refractivity contribution is 9.10. The van der Waals surface area contributed by atoms with Crippen LogP contribution in [0.1, 0.15) is 12.6 Å². The zero-order valence-electron chi connectivity index (χ0n) is 9.87. The van der Waals surface area contributed by atoms with Crippen molar-refractivity contribution in [1.29, 1.82) is 0 Å². The molecule has 0 radical (unpaired) electrons. The van der Waals surface area contributed by atoms with Crippen molar-refractivity contribution in [3.63, 3.8) is 0 Å². The van der Waals surface area contributed by atoms with Crippen LogP contribution in [0, 0.1) is 0 Å². The summed E-state index contributed by atoms with van der Waals surface area (Å²) in [5.41, 5.74) is 8.66. The highest BCUT2D eigenvalue weighted by atomic mass is 79.9. The summed E-state index contributed by atoms with van der Waals surface area (Å²) in [7, 11) is 1.88. The van der Waals surface area contributed by atoms with Gasteiger partial charge in [0.15, 0.2) is 5.82 Å². The van der Waals surface area contributed by atoms with Crippen LogP contribution in [0.3, 0.4) is 0 Å². The predicted octanol–water partition coefficient (Wildman–Crippen LogP) is 3.07. The normalized spacial score (nSPS) is 10.5. The first-order valence-corrected chi connectivity index (χ1v) is 6.25. The minimum absolute atomic E-state index is 0.718. The molecule has 2 aromatic rings. The minimum atomic E-state index is 0.718. The molecule has 0 saturated carbocycles. The number of nitrogens with two attached hydrogens (primary N) is 1. The van der Waals surface area contributed by atoms with Crippen LogP contribution in [-0.2, 0) is 13.5 Å². The summed E-state index contributed by atoms with van der Waals surface area (Å²) in [6.45, 7) is 2.04. The number of hydrogen-bond donors (Lipinski definition) is 2. The molecule has 4 nitrogen and oxygen atoms in total. The highest BCUT2D eigenvalue weighted by Crippen LogP contribution is 2.27.